The summed E-state index contributed by atoms with van der Waals surface area (Å²) < 4.78 is 1.54. The fourth-order valence-corrected chi connectivity index (χ4v) is 1.66. The van der Waals surface area contributed by atoms with Crippen molar-refractivity contribution in [2.75, 3.05) is 13.6 Å². The number of pyridine rings is 1. The number of fused-ring (bicyclic) bond motifs is 1. The van der Waals surface area contributed by atoms with Gasteiger partial charge in [-0.05, 0) is 12.1 Å². The number of imidazole rings is 1. The number of hydrogen-bond donors (Lipinski definition) is 2. The summed E-state index contributed by atoms with van der Waals surface area (Å²) in [4.78, 5) is 27.8. The van der Waals surface area contributed by atoms with E-state index in [1.54, 1.807) is 12.3 Å². The van der Waals surface area contributed by atoms with Crippen LogP contribution in [0.5, 0.6) is 5.75 Å². The molecular weight excluding hydrogens is 250 g/mol. The van der Waals surface area contributed by atoms with Crippen LogP contribution in [0.3, 0.4) is 0 Å². The van der Waals surface area contributed by atoms with Crippen molar-refractivity contribution < 1.29 is 19.8 Å². The Bertz CT molecular complexity index is 635. The van der Waals surface area contributed by atoms with E-state index in [1.807, 2.05) is 0 Å². The molecule has 0 aliphatic heterocycles. The third-order valence-electron chi connectivity index (χ3n) is 2.69. The number of carbonyl (C=O) groups is 2. The minimum Gasteiger partial charge on any atom is -0.504 e. The van der Waals surface area contributed by atoms with E-state index in [4.69, 9.17) is 5.11 Å². The number of amides is 1. The number of hydrogen-bond acceptors (Lipinski definition) is 4. The zero-order valence-electron chi connectivity index (χ0n) is 10.3. The van der Waals surface area contributed by atoms with E-state index >= 15 is 0 Å². The Kier molecular flexibility index (Phi) is 3.37. The molecule has 2 N–H and O–H groups in total. The van der Waals surface area contributed by atoms with Crippen LogP contribution in [0.15, 0.2) is 24.5 Å². The molecule has 7 heteroatoms. The van der Waals surface area contributed by atoms with Gasteiger partial charge in [-0.2, -0.15) is 0 Å². The second kappa shape index (κ2) is 4.97. The first-order valence-electron chi connectivity index (χ1n) is 5.63. The van der Waals surface area contributed by atoms with Gasteiger partial charge in [-0.15, -0.1) is 0 Å². The molecule has 2 aromatic rings. The van der Waals surface area contributed by atoms with Gasteiger partial charge in [0.2, 0.25) is 0 Å². The lowest BCUT2D eigenvalue weighted by Gasteiger charge is -2.13. The molecule has 7 nitrogen and oxygen atoms in total. The van der Waals surface area contributed by atoms with Crippen LogP contribution in [0.4, 0.5) is 0 Å². The lowest BCUT2D eigenvalue weighted by molar-refractivity contribution is -0.137. The van der Waals surface area contributed by atoms with E-state index in [9.17, 15) is 14.7 Å². The van der Waals surface area contributed by atoms with Crippen LogP contribution in [0.2, 0.25) is 0 Å². The summed E-state index contributed by atoms with van der Waals surface area (Å²) in [5.41, 5.74) is 0.451. The third-order valence-corrected chi connectivity index (χ3v) is 2.69. The first-order chi connectivity index (χ1) is 8.99. The Balaban J connectivity index is 2.21. The standard InChI is InChI=1S/C12H13N3O4/c1-14(6-4-10(17)18)12(19)8-7-15-5-2-3-9(16)11(15)13-8/h2-3,5,7,16H,4,6H2,1H3,(H,17,18). The summed E-state index contributed by atoms with van der Waals surface area (Å²) in [6.07, 6.45) is 3.03. The molecule has 0 aromatic carbocycles. The van der Waals surface area contributed by atoms with Gasteiger partial charge in [-0.3, -0.25) is 9.59 Å². The van der Waals surface area contributed by atoms with E-state index in [2.05, 4.69) is 4.98 Å². The highest BCUT2D eigenvalue weighted by molar-refractivity contribution is 5.93. The van der Waals surface area contributed by atoms with Gasteiger partial charge in [-0.1, -0.05) is 0 Å². The van der Waals surface area contributed by atoms with Crippen LogP contribution < -0.4 is 0 Å². The second-order valence-electron chi connectivity index (χ2n) is 4.12. The highest BCUT2D eigenvalue weighted by Crippen LogP contribution is 2.17. The summed E-state index contributed by atoms with van der Waals surface area (Å²) in [5, 5.41) is 18.2. The zero-order chi connectivity index (χ0) is 14.0. The summed E-state index contributed by atoms with van der Waals surface area (Å²) in [7, 11) is 1.51. The molecule has 2 rings (SSSR count). The summed E-state index contributed by atoms with van der Waals surface area (Å²) in [6, 6.07) is 3.11. The van der Waals surface area contributed by atoms with Gasteiger partial charge in [0, 0.05) is 26.0 Å². The lowest BCUT2D eigenvalue weighted by atomic mass is 10.3. The van der Waals surface area contributed by atoms with Crippen molar-refractivity contribution >= 4 is 17.5 Å². The van der Waals surface area contributed by atoms with Crippen LogP contribution in [0.1, 0.15) is 16.9 Å². The Morgan fingerprint density at radius 1 is 1.47 bits per heavy atom. The maximum absolute atomic E-state index is 12.0. The van der Waals surface area contributed by atoms with Gasteiger partial charge in [0.05, 0.1) is 6.42 Å². The number of aromatic nitrogens is 2. The Morgan fingerprint density at radius 3 is 2.84 bits per heavy atom. The largest absolute Gasteiger partial charge is 0.504 e. The fourth-order valence-electron chi connectivity index (χ4n) is 1.66. The van der Waals surface area contributed by atoms with Crippen molar-refractivity contribution in [2.45, 2.75) is 6.42 Å². The van der Waals surface area contributed by atoms with Crippen LogP contribution in [0, 0.1) is 0 Å². The van der Waals surface area contributed by atoms with Crippen LogP contribution in [-0.4, -0.2) is 50.0 Å². The van der Waals surface area contributed by atoms with Crippen molar-refractivity contribution in [3.63, 3.8) is 0 Å². The molecular formula is C12H13N3O4. The lowest BCUT2D eigenvalue weighted by Crippen LogP contribution is -2.29. The first-order valence-corrected chi connectivity index (χ1v) is 5.63. The molecule has 1 amide bonds. The summed E-state index contributed by atoms with van der Waals surface area (Å²) >= 11 is 0. The number of carboxylic acid groups (broad SMARTS) is 1. The molecule has 0 atom stereocenters. The quantitative estimate of drug-likeness (QED) is 0.841. The number of nitrogens with zero attached hydrogens (tertiary/aromatic N) is 3. The molecule has 0 saturated heterocycles. The van der Waals surface area contributed by atoms with Gasteiger partial charge >= 0.3 is 5.97 Å². The molecule has 19 heavy (non-hydrogen) atoms. The second-order valence-corrected chi connectivity index (χ2v) is 4.12. The fraction of sp³-hybridized carbons (Fsp3) is 0.250. The van der Waals surface area contributed by atoms with Crippen LogP contribution in [-0.2, 0) is 4.79 Å². The molecule has 0 spiro atoms. The number of aliphatic carboxylic acids is 1. The molecule has 100 valence electrons. The number of carbonyl (C=O) groups excluding carboxylic acids is 1. The smallest absolute Gasteiger partial charge is 0.305 e. The highest BCUT2D eigenvalue weighted by Gasteiger charge is 2.17. The van der Waals surface area contributed by atoms with Gasteiger partial charge < -0.3 is 19.5 Å². The monoisotopic (exact) mass is 263 g/mol. The zero-order valence-corrected chi connectivity index (χ0v) is 10.3. The molecule has 0 saturated carbocycles. The van der Waals surface area contributed by atoms with E-state index in [0.717, 1.165) is 0 Å². The highest BCUT2D eigenvalue weighted by atomic mass is 16.4. The normalized spacial score (nSPS) is 10.6. The topological polar surface area (TPSA) is 95.1 Å². The van der Waals surface area contributed by atoms with E-state index < -0.39 is 5.97 Å². The minimum atomic E-state index is -0.965. The SMILES string of the molecule is CN(CCC(=O)O)C(=O)c1cn2cccc(O)c2n1. The molecule has 0 fully saturated rings. The number of rotatable bonds is 4. The average molecular weight is 263 g/mol. The van der Waals surface area contributed by atoms with Crippen LogP contribution >= 0.6 is 0 Å². The Hall–Kier alpha value is -2.57. The van der Waals surface area contributed by atoms with E-state index in [1.165, 1.54) is 28.6 Å². The minimum absolute atomic E-state index is 0.0188. The molecule has 0 bridgehead atoms. The Labute approximate surface area is 108 Å². The number of aromatic hydroxyl groups is 1. The summed E-state index contributed by atoms with van der Waals surface area (Å²) in [5.74, 6) is -1.37. The van der Waals surface area contributed by atoms with Gasteiger partial charge in [0.15, 0.2) is 11.4 Å². The maximum Gasteiger partial charge on any atom is 0.305 e. The van der Waals surface area contributed by atoms with E-state index in [-0.39, 0.29) is 36.0 Å². The Morgan fingerprint density at radius 2 is 2.21 bits per heavy atom. The van der Waals surface area contributed by atoms with Gasteiger partial charge in [0.25, 0.3) is 5.91 Å². The third kappa shape index (κ3) is 2.65. The molecule has 2 aromatic heterocycles. The predicted octanol–water partition coefficient (Wildman–Crippen LogP) is 0.587. The van der Waals surface area contributed by atoms with Gasteiger partial charge in [0.1, 0.15) is 5.69 Å². The van der Waals surface area contributed by atoms with E-state index in [0.29, 0.717) is 0 Å². The molecule has 0 aliphatic carbocycles. The van der Waals surface area contributed by atoms with Crippen molar-refractivity contribution in [1.29, 1.82) is 0 Å². The van der Waals surface area contributed by atoms with Crippen molar-refractivity contribution in [3.05, 3.63) is 30.2 Å². The van der Waals surface area contributed by atoms with Gasteiger partial charge in [-0.25, -0.2) is 4.98 Å². The predicted molar refractivity (Wildman–Crippen MR) is 66.1 cm³/mol. The molecule has 0 aliphatic rings. The average Bonchev–Trinajstić information content (AvgIpc) is 2.80. The molecule has 0 unspecified atom stereocenters. The van der Waals surface area contributed by atoms with Crippen LogP contribution in [0.25, 0.3) is 5.65 Å². The maximum atomic E-state index is 12.0. The van der Waals surface area contributed by atoms with Crippen molar-refractivity contribution in [3.8, 4) is 5.75 Å². The first kappa shape index (κ1) is 12.9. The van der Waals surface area contributed by atoms with Crippen molar-refractivity contribution in [2.24, 2.45) is 0 Å². The molecule has 0 radical (unpaired) electrons. The summed E-state index contributed by atoms with van der Waals surface area (Å²) in [6.45, 7) is 0.105. The van der Waals surface area contributed by atoms with Crippen molar-refractivity contribution in [1.82, 2.24) is 14.3 Å². The number of carboxylic acids is 1. The molecule has 2 heterocycles.